The first-order valence-electron chi connectivity index (χ1n) is 5.07. The van der Waals surface area contributed by atoms with Crippen molar-refractivity contribution in [1.82, 2.24) is 4.90 Å². The minimum absolute atomic E-state index is 0.104. The van der Waals surface area contributed by atoms with E-state index in [-0.39, 0.29) is 6.42 Å². The molecule has 2 fully saturated rings. The third kappa shape index (κ3) is 2.04. The van der Waals surface area contributed by atoms with Gasteiger partial charge in [0.25, 0.3) is 5.92 Å². The fourth-order valence-electron chi connectivity index (χ4n) is 1.74. The summed E-state index contributed by atoms with van der Waals surface area (Å²) in [5, 5.41) is 0. The number of likely N-dealkylation sites (tertiary alicyclic amines) is 1. The van der Waals surface area contributed by atoms with Crippen LogP contribution in [-0.4, -0.2) is 49.2 Å². The van der Waals surface area contributed by atoms with Crippen LogP contribution in [0.15, 0.2) is 0 Å². The Morgan fingerprint density at radius 1 is 1.50 bits per heavy atom. The van der Waals surface area contributed by atoms with Crippen molar-refractivity contribution in [3.8, 4) is 0 Å². The summed E-state index contributed by atoms with van der Waals surface area (Å²) in [6, 6.07) is 0.443. The van der Waals surface area contributed by atoms with Gasteiger partial charge in [-0.25, -0.2) is 8.78 Å². The molecule has 1 saturated carbocycles. The molecule has 82 valence electrons. The molecule has 2 aliphatic rings. The van der Waals surface area contributed by atoms with Crippen LogP contribution in [0, 0.1) is 0 Å². The highest BCUT2D eigenvalue weighted by atomic mass is 19.3. The fourth-order valence-corrected chi connectivity index (χ4v) is 1.74. The average Bonchev–Trinajstić information content (AvgIpc) is 2.67. The SMILES string of the molecule is NCC1CCN1CCOC1CC1(F)F. The zero-order valence-corrected chi connectivity index (χ0v) is 8.09. The van der Waals surface area contributed by atoms with Crippen LogP contribution in [0.3, 0.4) is 0 Å². The van der Waals surface area contributed by atoms with E-state index < -0.39 is 12.0 Å². The van der Waals surface area contributed by atoms with Crippen molar-refractivity contribution in [2.45, 2.75) is 30.9 Å². The summed E-state index contributed by atoms with van der Waals surface area (Å²) in [4.78, 5) is 2.18. The van der Waals surface area contributed by atoms with E-state index in [0.29, 0.717) is 19.2 Å². The van der Waals surface area contributed by atoms with E-state index in [4.69, 9.17) is 10.5 Å². The second-order valence-corrected chi connectivity index (χ2v) is 4.04. The van der Waals surface area contributed by atoms with Gasteiger partial charge in [0.15, 0.2) is 0 Å². The Morgan fingerprint density at radius 3 is 2.64 bits per heavy atom. The Kier molecular flexibility index (Phi) is 2.72. The minimum atomic E-state index is -2.55. The molecule has 2 rings (SSSR count). The number of nitrogens with zero attached hydrogens (tertiary/aromatic N) is 1. The topological polar surface area (TPSA) is 38.5 Å². The molecule has 0 aromatic heterocycles. The van der Waals surface area contributed by atoms with Crippen molar-refractivity contribution in [2.24, 2.45) is 5.73 Å². The van der Waals surface area contributed by atoms with Crippen LogP contribution in [0.1, 0.15) is 12.8 Å². The van der Waals surface area contributed by atoms with Crippen LogP contribution in [0.25, 0.3) is 0 Å². The largest absolute Gasteiger partial charge is 0.370 e. The Morgan fingerprint density at radius 2 is 2.21 bits per heavy atom. The molecule has 0 radical (unpaired) electrons. The molecule has 1 saturated heterocycles. The van der Waals surface area contributed by atoms with Crippen LogP contribution in [0.5, 0.6) is 0 Å². The van der Waals surface area contributed by atoms with Crippen molar-refractivity contribution in [3.05, 3.63) is 0 Å². The van der Waals surface area contributed by atoms with Crippen molar-refractivity contribution in [2.75, 3.05) is 26.2 Å². The molecule has 1 aliphatic heterocycles. The lowest BCUT2D eigenvalue weighted by Gasteiger charge is -2.40. The molecule has 2 atom stereocenters. The van der Waals surface area contributed by atoms with E-state index >= 15 is 0 Å². The monoisotopic (exact) mass is 206 g/mol. The average molecular weight is 206 g/mol. The molecule has 0 bridgehead atoms. The van der Waals surface area contributed by atoms with Crippen LogP contribution < -0.4 is 5.73 Å². The molecule has 2 N–H and O–H groups in total. The van der Waals surface area contributed by atoms with Crippen molar-refractivity contribution >= 4 is 0 Å². The fraction of sp³-hybridized carbons (Fsp3) is 1.00. The Balaban J connectivity index is 1.56. The standard InChI is InChI=1S/C9H16F2N2O/c10-9(11)5-8(9)14-4-3-13-2-1-7(13)6-12/h7-8H,1-6,12H2. The first-order valence-corrected chi connectivity index (χ1v) is 5.07. The molecule has 0 amide bonds. The van der Waals surface area contributed by atoms with E-state index in [0.717, 1.165) is 19.5 Å². The molecule has 0 aromatic carbocycles. The van der Waals surface area contributed by atoms with Gasteiger partial charge in [0.1, 0.15) is 6.10 Å². The maximum atomic E-state index is 12.4. The minimum Gasteiger partial charge on any atom is -0.370 e. The first kappa shape index (κ1) is 10.3. The highest BCUT2D eigenvalue weighted by Crippen LogP contribution is 2.44. The van der Waals surface area contributed by atoms with E-state index in [1.54, 1.807) is 0 Å². The molecule has 0 aromatic rings. The molecular formula is C9H16F2N2O. The summed E-state index contributed by atoms with van der Waals surface area (Å²) < 4.78 is 29.8. The molecule has 0 spiro atoms. The van der Waals surface area contributed by atoms with E-state index in [1.165, 1.54) is 0 Å². The van der Waals surface area contributed by atoms with Gasteiger partial charge in [-0.05, 0) is 6.42 Å². The van der Waals surface area contributed by atoms with Gasteiger partial charge < -0.3 is 10.5 Å². The van der Waals surface area contributed by atoms with Gasteiger partial charge >= 0.3 is 0 Å². The highest BCUT2D eigenvalue weighted by molar-refractivity contribution is 4.97. The van der Waals surface area contributed by atoms with Gasteiger partial charge in [0, 0.05) is 32.1 Å². The lowest BCUT2D eigenvalue weighted by atomic mass is 10.0. The molecule has 5 heteroatoms. The maximum absolute atomic E-state index is 12.4. The van der Waals surface area contributed by atoms with Gasteiger partial charge in [-0.1, -0.05) is 0 Å². The number of halogens is 2. The van der Waals surface area contributed by atoms with Gasteiger partial charge in [0.05, 0.1) is 6.61 Å². The van der Waals surface area contributed by atoms with Crippen molar-refractivity contribution in [3.63, 3.8) is 0 Å². The third-order valence-corrected chi connectivity index (χ3v) is 3.00. The van der Waals surface area contributed by atoms with Crippen molar-refractivity contribution in [1.29, 1.82) is 0 Å². The second-order valence-electron chi connectivity index (χ2n) is 4.04. The predicted molar refractivity (Wildman–Crippen MR) is 48.3 cm³/mol. The molecule has 1 aliphatic carbocycles. The van der Waals surface area contributed by atoms with E-state index in [9.17, 15) is 8.78 Å². The number of hydrogen-bond donors (Lipinski definition) is 1. The third-order valence-electron chi connectivity index (χ3n) is 3.00. The lowest BCUT2D eigenvalue weighted by molar-refractivity contribution is -0.00838. The first-order chi connectivity index (χ1) is 6.63. The molecule has 3 nitrogen and oxygen atoms in total. The number of alkyl halides is 2. The summed E-state index contributed by atoms with van der Waals surface area (Å²) in [7, 11) is 0. The summed E-state index contributed by atoms with van der Waals surface area (Å²) >= 11 is 0. The Bertz CT molecular complexity index is 211. The molecule has 14 heavy (non-hydrogen) atoms. The summed E-state index contributed by atoms with van der Waals surface area (Å²) in [6.45, 7) is 2.80. The highest BCUT2D eigenvalue weighted by Gasteiger charge is 2.58. The second kappa shape index (κ2) is 3.72. The maximum Gasteiger partial charge on any atom is 0.276 e. The number of rotatable bonds is 5. The molecular weight excluding hydrogens is 190 g/mol. The van der Waals surface area contributed by atoms with Crippen molar-refractivity contribution < 1.29 is 13.5 Å². The summed E-state index contributed by atoms with van der Waals surface area (Å²) in [5.41, 5.74) is 5.51. The van der Waals surface area contributed by atoms with E-state index in [2.05, 4.69) is 4.90 Å². The van der Waals surface area contributed by atoms with Gasteiger partial charge in [-0.15, -0.1) is 0 Å². The Labute approximate surface area is 82.2 Å². The normalized spacial score (nSPS) is 35.4. The molecule has 2 unspecified atom stereocenters. The van der Waals surface area contributed by atoms with Crippen LogP contribution in [0.2, 0.25) is 0 Å². The number of ether oxygens (including phenoxy) is 1. The van der Waals surface area contributed by atoms with Crippen LogP contribution >= 0.6 is 0 Å². The van der Waals surface area contributed by atoms with Gasteiger partial charge in [-0.3, -0.25) is 4.90 Å². The smallest absolute Gasteiger partial charge is 0.276 e. The summed E-state index contributed by atoms with van der Waals surface area (Å²) in [5.74, 6) is -2.55. The zero-order chi connectivity index (χ0) is 10.2. The number of nitrogens with two attached hydrogens (primary N) is 1. The van der Waals surface area contributed by atoms with Crippen LogP contribution in [0.4, 0.5) is 8.78 Å². The number of hydrogen-bond acceptors (Lipinski definition) is 3. The lowest BCUT2D eigenvalue weighted by Crippen LogP contribution is -2.52. The predicted octanol–water partition coefficient (Wildman–Crippen LogP) is 0.444. The Hall–Kier alpha value is -0.260. The van der Waals surface area contributed by atoms with Crippen LogP contribution in [-0.2, 0) is 4.74 Å². The quantitative estimate of drug-likeness (QED) is 0.709. The zero-order valence-electron chi connectivity index (χ0n) is 8.09. The van der Waals surface area contributed by atoms with E-state index in [1.807, 2.05) is 0 Å². The summed E-state index contributed by atoms with van der Waals surface area (Å²) in [6.07, 6.45) is 0.198. The van der Waals surface area contributed by atoms with Gasteiger partial charge in [0.2, 0.25) is 0 Å². The van der Waals surface area contributed by atoms with Gasteiger partial charge in [-0.2, -0.15) is 0 Å². The molecule has 1 heterocycles.